The molecule has 0 saturated carbocycles. The number of nitrogens with zero attached hydrogens (tertiary/aromatic N) is 5. The van der Waals surface area contributed by atoms with Crippen LogP contribution in [0.1, 0.15) is 42.1 Å². The number of benzene rings is 2. The number of halogens is 2. The Kier molecular flexibility index (Phi) is 9.88. The van der Waals surface area contributed by atoms with Gasteiger partial charge in [0.15, 0.2) is 11.5 Å². The minimum absolute atomic E-state index is 0.0135. The highest BCUT2D eigenvalue weighted by Gasteiger charge is 2.17. The third kappa shape index (κ3) is 7.58. The second-order valence-corrected chi connectivity index (χ2v) is 10.6. The van der Waals surface area contributed by atoms with Gasteiger partial charge in [0.1, 0.15) is 5.75 Å². The van der Waals surface area contributed by atoms with Gasteiger partial charge in [0, 0.05) is 42.8 Å². The number of nitrogens with one attached hydrogen (secondary N) is 1. The van der Waals surface area contributed by atoms with Crippen LogP contribution in [0.2, 0.25) is 0 Å². The number of aryl methyl sites for hydroxylation is 1. The van der Waals surface area contributed by atoms with E-state index in [0.29, 0.717) is 22.9 Å². The van der Waals surface area contributed by atoms with Gasteiger partial charge < -0.3 is 19.9 Å². The van der Waals surface area contributed by atoms with E-state index in [1.807, 2.05) is 41.5 Å². The third-order valence-electron chi connectivity index (χ3n) is 7.30. The smallest absolute Gasteiger partial charge is 0.387 e. The first kappa shape index (κ1) is 29.9. The summed E-state index contributed by atoms with van der Waals surface area (Å²) in [6.07, 6.45) is 8.39. The lowest BCUT2D eigenvalue weighted by atomic mass is 9.97. The summed E-state index contributed by atoms with van der Waals surface area (Å²) in [5, 5.41) is 3.32. The van der Waals surface area contributed by atoms with E-state index in [1.165, 1.54) is 12.1 Å². The van der Waals surface area contributed by atoms with Crippen molar-refractivity contribution in [1.82, 2.24) is 24.2 Å². The Morgan fingerprint density at radius 2 is 1.78 bits per heavy atom. The summed E-state index contributed by atoms with van der Waals surface area (Å²) in [4.78, 5) is 26.2. The van der Waals surface area contributed by atoms with Crippen molar-refractivity contribution in [3.8, 4) is 17.0 Å². The molecule has 0 aliphatic rings. The summed E-state index contributed by atoms with van der Waals surface area (Å²) in [5.74, 6) is 1.25. The topological polar surface area (TPSA) is 75.0 Å². The summed E-state index contributed by atoms with van der Waals surface area (Å²) in [5.41, 5.74) is 4.51. The zero-order valence-corrected chi connectivity index (χ0v) is 24.3. The number of rotatable bonds is 13. The highest BCUT2D eigenvalue weighted by Crippen LogP contribution is 2.28. The average Bonchev–Trinajstić information content (AvgIpc) is 3.38. The molecule has 0 saturated heterocycles. The number of carbonyl (C=O) groups excluding carboxylic acids is 1. The number of alkyl halides is 2. The van der Waals surface area contributed by atoms with Crippen molar-refractivity contribution in [2.24, 2.45) is 5.92 Å². The zero-order valence-electron chi connectivity index (χ0n) is 24.3. The summed E-state index contributed by atoms with van der Waals surface area (Å²) in [7, 11) is 6.04. The van der Waals surface area contributed by atoms with E-state index < -0.39 is 6.61 Å². The van der Waals surface area contributed by atoms with Gasteiger partial charge in [-0.2, -0.15) is 8.78 Å². The van der Waals surface area contributed by atoms with Crippen molar-refractivity contribution in [3.63, 3.8) is 0 Å². The second-order valence-electron chi connectivity index (χ2n) is 10.6. The minimum Gasteiger partial charge on any atom is -0.435 e. The first-order valence-corrected chi connectivity index (χ1v) is 13.8. The molecule has 0 aliphatic heterocycles. The van der Waals surface area contributed by atoms with Crippen LogP contribution in [0.4, 0.5) is 20.3 Å². The number of fused-ring (bicyclic) bond motifs is 1. The maximum atomic E-state index is 13.2. The molecule has 0 bridgehead atoms. The van der Waals surface area contributed by atoms with Crippen LogP contribution < -0.4 is 10.1 Å². The van der Waals surface area contributed by atoms with Crippen molar-refractivity contribution >= 4 is 23.1 Å². The molecule has 4 rings (SSSR count). The van der Waals surface area contributed by atoms with Crippen LogP contribution in [-0.4, -0.2) is 70.9 Å². The molecule has 0 aliphatic carbocycles. The van der Waals surface area contributed by atoms with Gasteiger partial charge in [-0.15, -0.1) is 0 Å². The SMILES string of the molecule is CCC(CCN(C)C)CCN(C)C(=O)c1ccc(Nc2nccn3c(-c4ccc(OC(F)F)cc4)cnc23)cc1C. The van der Waals surface area contributed by atoms with Crippen LogP contribution in [0.5, 0.6) is 5.75 Å². The number of anilines is 2. The van der Waals surface area contributed by atoms with Crippen molar-refractivity contribution < 1.29 is 18.3 Å². The molecular formula is C31H38F2N6O2. The fourth-order valence-corrected chi connectivity index (χ4v) is 4.82. The first-order valence-electron chi connectivity index (χ1n) is 13.8. The monoisotopic (exact) mass is 564 g/mol. The highest BCUT2D eigenvalue weighted by atomic mass is 19.3. The Labute approximate surface area is 240 Å². The van der Waals surface area contributed by atoms with Gasteiger partial charge in [-0.3, -0.25) is 9.20 Å². The fraction of sp³-hybridized carbons (Fsp3) is 0.387. The van der Waals surface area contributed by atoms with Crippen molar-refractivity contribution in [1.29, 1.82) is 0 Å². The summed E-state index contributed by atoms with van der Waals surface area (Å²) >= 11 is 0. The molecule has 10 heteroatoms. The minimum atomic E-state index is -2.87. The quantitative estimate of drug-likeness (QED) is 0.200. The predicted octanol–water partition coefficient (Wildman–Crippen LogP) is 6.49. The van der Waals surface area contributed by atoms with Crippen LogP contribution in [0.25, 0.3) is 16.9 Å². The lowest BCUT2D eigenvalue weighted by Gasteiger charge is -2.23. The maximum Gasteiger partial charge on any atom is 0.387 e. The van der Waals surface area contributed by atoms with Crippen LogP contribution >= 0.6 is 0 Å². The number of hydrogen-bond donors (Lipinski definition) is 1. The molecule has 218 valence electrons. The molecule has 41 heavy (non-hydrogen) atoms. The van der Waals surface area contributed by atoms with E-state index in [2.05, 4.69) is 45.9 Å². The van der Waals surface area contributed by atoms with Gasteiger partial charge in [0.25, 0.3) is 5.91 Å². The molecule has 1 amide bonds. The van der Waals surface area contributed by atoms with Crippen LogP contribution in [0.15, 0.2) is 61.1 Å². The molecule has 0 spiro atoms. The standard InChI is InChI=1S/C31H38F2N6O2/c1-6-22(13-16-37(3)4)14-17-38(5)30(40)26-12-9-24(19-21(26)2)36-28-29-35-20-27(39(29)18-15-34-28)23-7-10-25(11-8-23)41-31(32)33/h7-12,15,18-20,22,31H,6,13-14,16-17H2,1-5H3,(H,34,36). The van der Waals surface area contributed by atoms with Crippen molar-refractivity contribution in [2.45, 2.75) is 39.7 Å². The Bertz CT molecular complexity index is 1460. The molecule has 4 aromatic rings. The summed E-state index contributed by atoms with van der Waals surface area (Å²) < 4.78 is 31.3. The van der Waals surface area contributed by atoms with Gasteiger partial charge >= 0.3 is 6.61 Å². The molecule has 1 atom stereocenters. The van der Waals surface area contributed by atoms with Gasteiger partial charge in [0.2, 0.25) is 0 Å². The van der Waals surface area contributed by atoms with E-state index >= 15 is 0 Å². The van der Waals surface area contributed by atoms with E-state index in [-0.39, 0.29) is 11.7 Å². The molecule has 1 N–H and O–H groups in total. The molecule has 0 fully saturated rings. The average molecular weight is 565 g/mol. The van der Waals surface area contributed by atoms with Gasteiger partial charge in [-0.25, -0.2) is 9.97 Å². The van der Waals surface area contributed by atoms with Crippen LogP contribution in [-0.2, 0) is 0 Å². The Hall–Kier alpha value is -4.05. The molecule has 8 nitrogen and oxygen atoms in total. The number of amides is 1. The molecule has 2 aromatic heterocycles. The number of carbonyl (C=O) groups is 1. The Morgan fingerprint density at radius 1 is 1.05 bits per heavy atom. The highest BCUT2D eigenvalue weighted by molar-refractivity contribution is 5.96. The number of imidazole rings is 1. The summed E-state index contributed by atoms with van der Waals surface area (Å²) in [6, 6.07) is 12.1. The van der Waals surface area contributed by atoms with E-state index in [1.54, 1.807) is 30.7 Å². The molecule has 1 unspecified atom stereocenters. The molecule has 0 radical (unpaired) electrons. The Balaban J connectivity index is 1.45. The second kappa shape index (κ2) is 13.5. The van der Waals surface area contributed by atoms with Crippen molar-refractivity contribution in [2.75, 3.05) is 39.5 Å². The lowest BCUT2D eigenvalue weighted by molar-refractivity contribution is -0.0498. The summed E-state index contributed by atoms with van der Waals surface area (Å²) in [6.45, 7) is 3.05. The molecular weight excluding hydrogens is 526 g/mol. The van der Waals surface area contributed by atoms with E-state index in [4.69, 9.17) is 0 Å². The zero-order chi connectivity index (χ0) is 29.5. The first-order chi connectivity index (χ1) is 19.7. The van der Waals surface area contributed by atoms with Gasteiger partial charge in [-0.05, 0) is 94.4 Å². The van der Waals surface area contributed by atoms with Gasteiger partial charge in [-0.1, -0.05) is 13.3 Å². The molecule has 2 aromatic carbocycles. The number of hydrogen-bond acceptors (Lipinski definition) is 6. The largest absolute Gasteiger partial charge is 0.435 e. The third-order valence-corrected chi connectivity index (χ3v) is 7.30. The number of ether oxygens (including phenoxy) is 1. The maximum absolute atomic E-state index is 13.2. The normalized spacial score (nSPS) is 12.2. The predicted molar refractivity (Wildman–Crippen MR) is 158 cm³/mol. The van der Waals surface area contributed by atoms with E-state index in [0.717, 1.165) is 54.9 Å². The lowest BCUT2D eigenvalue weighted by Crippen LogP contribution is -2.30. The van der Waals surface area contributed by atoms with E-state index in [9.17, 15) is 13.6 Å². The van der Waals surface area contributed by atoms with Gasteiger partial charge in [0.05, 0.1) is 11.9 Å². The van der Waals surface area contributed by atoms with Crippen molar-refractivity contribution in [3.05, 3.63) is 72.2 Å². The Morgan fingerprint density at radius 3 is 2.44 bits per heavy atom. The van der Waals surface area contributed by atoms with Crippen LogP contribution in [0, 0.1) is 12.8 Å². The molecule has 2 heterocycles. The number of aromatic nitrogens is 3. The fourth-order valence-electron chi connectivity index (χ4n) is 4.82. The van der Waals surface area contributed by atoms with Crippen LogP contribution in [0.3, 0.4) is 0 Å².